The molecule has 6 heteroatoms. The molecule has 6 nitrogen and oxygen atoms in total. The van der Waals surface area contributed by atoms with Crippen LogP contribution < -0.4 is 5.73 Å². The van der Waals surface area contributed by atoms with Gasteiger partial charge in [-0.05, 0) is 24.6 Å². The Labute approximate surface area is 119 Å². The minimum Gasteiger partial charge on any atom is -0.378 e. The van der Waals surface area contributed by atoms with Crippen molar-refractivity contribution in [2.75, 3.05) is 39.4 Å². The van der Waals surface area contributed by atoms with Gasteiger partial charge in [0, 0.05) is 38.6 Å². The summed E-state index contributed by atoms with van der Waals surface area (Å²) in [6.07, 6.45) is 4.33. The van der Waals surface area contributed by atoms with Crippen LogP contribution in [0.5, 0.6) is 0 Å². The Bertz CT molecular complexity index is 407. The molecule has 0 bridgehead atoms. The van der Waals surface area contributed by atoms with Crippen LogP contribution in [-0.4, -0.2) is 60.2 Å². The molecule has 1 aromatic heterocycles. The van der Waals surface area contributed by atoms with Gasteiger partial charge in [-0.15, -0.1) is 0 Å². The molecule has 0 aliphatic carbocycles. The van der Waals surface area contributed by atoms with Crippen LogP contribution in [0.3, 0.4) is 0 Å². The summed E-state index contributed by atoms with van der Waals surface area (Å²) in [5.74, 6) is 0. The predicted molar refractivity (Wildman–Crippen MR) is 76.1 cm³/mol. The lowest BCUT2D eigenvalue weighted by Gasteiger charge is -2.33. The van der Waals surface area contributed by atoms with Crippen molar-refractivity contribution >= 4 is 6.03 Å². The number of morpholine rings is 1. The largest absolute Gasteiger partial charge is 0.378 e. The summed E-state index contributed by atoms with van der Waals surface area (Å²) < 4.78 is 5.29. The van der Waals surface area contributed by atoms with Gasteiger partial charge in [0.25, 0.3) is 0 Å². The third-order valence-corrected chi connectivity index (χ3v) is 3.28. The molecule has 0 saturated carbocycles. The zero-order chi connectivity index (χ0) is 14.2. The van der Waals surface area contributed by atoms with E-state index >= 15 is 0 Å². The van der Waals surface area contributed by atoms with Gasteiger partial charge in [0.2, 0.25) is 0 Å². The van der Waals surface area contributed by atoms with Crippen molar-refractivity contribution in [1.29, 1.82) is 0 Å². The van der Waals surface area contributed by atoms with Gasteiger partial charge in [0.05, 0.1) is 13.2 Å². The highest BCUT2D eigenvalue weighted by atomic mass is 16.5. The fourth-order valence-electron chi connectivity index (χ4n) is 2.19. The molecule has 1 fully saturated rings. The zero-order valence-electron chi connectivity index (χ0n) is 11.7. The van der Waals surface area contributed by atoms with Crippen LogP contribution in [0.25, 0.3) is 0 Å². The molecule has 1 aliphatic heterocycles. The molecule has 20 heavy (non-hydrogen) atoms. The second-order valence-corrected chi connectivity index (χ2v) is 4.81. The van der Waals surface area contributed by atoms with Crippen LogP contribution in [0.2, 0.25) is 0 Å². The maximum Gasteiger partial charge on any atom is 0.320 e. The standard InChI is InChI=1S/C14H22N4O2/c15-4-2-6-18(12-13-3-1-5-16-11-13)14(19)17-7-9-20-10-8-17/h1,3,5,11H,2,4,6-10,12,15H2. The van der Waals surface area contributed by atoms with E-state index in [1.807, 2.05) is 21.9 Å². The summed E-state index contributed by atoms with van der Waals surface area (Å²) in [5.41, 5.74) is 6.60. The number of urea groups is 1. The van der Waals surface area contributed by atoms with Crippen molar-refractivity contribution in [1.82, 2.24) is 14.8 Å². The van der Waals surface area contributed by atoms with Crippen molar-refractivity contribution in [3.8, 4) is 0 Å². The first kappa shape index (κ1) is 14.7. The highest BCUT2D eigenvalue weighted by Crippen LogP contribution is 2.09. The van der Waals surface area contributed by atoms with Gasteiger partial charge in [0.15, 0.2) is 0 Å². The molecular weight excluding hydrogens is 256 g/mol. The van der Waals surface area contributed by atoms with Gasteiger partial charge in [-0.2, -0.15) is 0 Å². The van der Waals surface area contributed by atoms with Gasteiger partial charge >= 0.3 is 6.03 Å². The summed E-state index contributed by atoms with van der Waals surface area (Å²) in [5, 5.41) is 0. The van der Waals surface area contributed by atoms with E-state index in [0.29, 0.717) is 45.9 Å². The normalized spacial score (nSPS) is 15.2. The first-order chi connectivity index (χ1) is 9.81. The van der Waals surface area contributed by atoms with Crippen molar-refractivity contribution < 1.29 is 9.53 Å². The Morgan fingerprint density at radius 1 is 1.45 bits per heavy atom. The molecule has 1 aromatic rings. The summed E-state index contributed by atoms with van der Waals surface area (Å²) in [6, 6.07) is 3.93. The van der Waals surface area contributed by atoms with E-state index in [1.165, 1.54) is 0 Å². The predicted octanol–water partition coefficient (Wildman–Crippen LogP) is 0.685. The molecule has 110 valence electrons. The van der Waals surface area contributed by atoms with Crippen molar-refractivity contribution in [2.45, 2.75) is 13.0 Å². The topological polar surface area (TPSA) is 71.7 Å². The first-order valence-corrected chi connectivity index (χ1v) is 7.02. The number of amides is 2. The lowest BCUT2D eigenvalue weighted by atomic mass is 10.2. The molecule has 1 aliphatic rings. The highest BCUT2D eigenvalue weighted by Gasteiger charge is 2.22. The third kappa shape index (κ3) is 4.18. The van der Waals surface area contributed by atoms with E-state index in [2.05, 4.69) is 4.98 Å². The lowest BCUT2D eigenvalue weighted by molar-refractivity contribution is 0.0425. The molecule has 1 saturated heterocycles. The van der Waals surface area contributed by atoms with Gasteiger partial charge in [0.1, 0.15) is 0 Å². The maximum atomic E-state index is 12.5. The Balaban J connectivity index is 2.00. The fourth-order valence-corrected chi connectivity index (χ4v) is 2.19. The average molecular weight is 278 g/mol. The Morgan fingerprint density at radius 3 is 2.90 bits per heavy atom. The quantitative estimate of drug-likeness (QED) is 0.860. The summed E-state index contributed by atoms with van der Waals surface area (Å²) >= 11 is 0. The van der Waals surface area contributed by atoms with E-state index in [-0.39, 0.29) is 6.03 Å². The van der Waals surface area contributed by atoms with Gasteiger partial charge in [-0.1, -0.05) is 6.07 Å². The lowest BCUT2D eigenvalue weighted by Crippen LogP contribution is -2.48. The number of hydrogen-bond acceptors (Lipinski definition) is 4. The summed E-state index contributed by atoms with van der Waals surface area (Å²) in [4.78, 5) is 20.3. The zero-order valence-corrected chi connectivity index (χ0v) is 11.7. The van der Waals surface area contributed by atoms with Crippen LogP contribution in [-0.2, 0) is 11.3 Å². The summed E-state index contributed by atoms with van der Waals surface area (Å²) in [7, 11) is 0. The van der Waals surface area contributed by atoms with E-state index < -0.39 is 0 Å². The number of nitrogens with zero attached hydrogens (tertiary/aromatic N) is 3. The molecule has 2 N–H and O–H groups in total. The third-order valence-electron chi connectivity index (χ3n) is 3.28. The number of nitrogens with two attached hydrogens (primary N) is 1. The molecule has 0 spiro atoms. The highest BCUT2D eigenvalue weighted by molar-refractivity contribution is 5.74. The van der Waals surface area contributed by atoms with Gasteiger partial charge in [-0.25, -0.2) is 4.79 Å². The number of pyridine rings is 1. The molecule has 0 radical (unpaired) electrons. The van der Waals surface area contributed by atoms with Gasteiger partial charge < -0.3 is 20.3 Å². The maximum absolute atomic E-state index is 12.5. The number of hydrogen-bond donors (Lipinski definition) is 1. The van der Waals surface area contributed by atoms with Crippen LogP contribution in [0.1, 0.15) is 12.0 Å². The molecule has 0 atom stereocenters. The number of aromatic nitrogens is 1. The monoisotopic (exact) mass is 278 g/mol. The molecule has 2 heterocycles. The Hall–Kier alpha value is -1.66. The number of carbonyl (C=O) groups excluding carboxylic acids is 1. The average Bonchev–Trinajstić information content (AvgIpc) is 2.52. The summed E-state index contributed by atoms with van der Waals surface area (Å²) in [6.45, 7) is 4.37. The van der Waals surface area contributed by atoms with E-state index in [9.17, 15) is 4.79 Å². The van der Waals surface area contributed by atoms with Crippen molar-refractivity contribution in [3.63, 3.8) is 0 Å². The minimum atomic E-state index is 0.0607. The van der Waals surface area contributed by atoms with E-state index in [1.54, 1.807) is 12.4 Å². The van der Waals surface area contributed by atoms with Crippen molar-refractivity contribution in [3.05, 3.63) is 30.1 Å². The van der Waals surface area contributed by atoms with Crippen LogP contribution in [0.15, 0.2) is 24.5 Å². The molecular formula is C14H22N4O2. The first-order valence-electron chi connectivity index (χ1n) is 7.02. The van der Waals surface area contributed by atoms with Crippen LogP contribution in [0.4, 0.5) is 4.79 Å². The second kappa shape index (κ2) is 7.81. The van der Waals surface area contributed by atoms with E-state index in [0.717, 1.165) is 12.0 Å². The molecule has 0 unspecified atom stereocenters. The number of carbonyl (C=O) groups is 1. The Morgan fingerprint density at radius 2 is 2.25 bits per heavy atom. The van der Waals surface area contributed by atoms with E-state index in [4.69, 9.17) is 10.5 Å². The van der Waals surface area contributed by atoms with Crippen LogP contribution in [0, 0.1) is 0 Å². The number of ether oxygens (including phenoxy) is 1. The molecule has 2 amide bonds. The van der Waals surface area contributed by atoms with Crippen LogP contribution >= 0.6 is 0 Å². The SMILES string of the molecule is NCCCN(Cc1cccnc1)C(=O)N1CCOCC1. The van der Waals surface area contributed by atoms with Gasteiger partial charge in [-0.3, -0.25) is 4.98 Å². The molecule has 2 rings (SSSR count). The number of rotatable bonds is 5. The smallest absolute Gasteiger partial charge is 0.320 e. The van der Waals surface area contributed by atoms with Crippen molar-refractivity contribution in [2.24, 2.45) is 5.73 Å². The minimum absolute atomic E-state index is 0.0607. The Kier molecular flexibility index (Phi) is 5.76. The second-order valence-electron chi connectivity index (χ2n) is 4.81. The fraction of sp³-hybridized carbons (Fsp3) is 0.571. The molecule has 0 aromatic carbocycles.